The number of nitrogens with zero attached hydrogens (tertiary/aromatic N) is 1. The summed E-state index contributed by atoms with van der Waals surface area (Å²) in [7, 11) is 1.49. The molecule has 0 aromatic heterocycles. The van der Waals surface area contributed by atoms with E-state index in [0.29, 0.717) is 23.3 Å². The van der Waals surface area contributed by atoms with Crippen molar-refractivity contribution in [3.63, 3.8) is 0 Å². The van der Waals surface area contributed by atoms with Gasteiger partial charge in [0.2, 0.25) is 0 Å². The van der Waals surface area contributed by atoms with Gasteiger partial charge in [-0.15, -0.1) is 6.58 Å². The first-order valence-corrected chi connectivity index (χ1v) is 7.94. The highest BCUT2D eigenvalue weighted by Gasteiger charge is 2.12. The van der Waals surface area contributed by atoms with Crippen LogP contribution >= 0.6 is 15.9 Å². The Kier molecular flexibility index (Phi) is 6.14. The predicted molar refractivity (Wildman–Crippen MR) is 97.8 cm³/mol. The average Bonchev–Trinajstić information content (AvgIpc) is 2.58. The van der Waals surface area contributed by atoms with Crippen LogP contribution in [-0.2, 0) is 6.42 Å². The molecule has 1 amide bonds. The quantitative estimate of drug-likeness (QED) is 0.450. The predicted octanol–water partition coefficient (Wildman–Crippen LogP) is 3.66. The molecule has 24 heavy (non-hydrogen) atoms. The number of para-hydroxylation sites is 1. The lowest BCUT2D eigenvalue weighted by Crippen LogP contribution is -2.18. The molecule has 2 aromatic carbocycles. The van der Waals surface area contributed by atoms with Crippen molar-refractivity contribution in [2.75, 3.05) is 7.11 Å². The Hall–Kier alpha value is -2.60. The molecule has 0 bridgehead atoms. The van der Waals surface area contributed by atoms with Crippen LogP contribution < -0.4 is 10.2 Å². The fourth-order valence-electron chi connectivity index (χ4n) is 2.11. The van der Waals surface area contributed by atoms with Crippen molar-refractivity contribution >= 4 is 28.1 Å². The van der Waals surface area contributed by atoms with E-state index in [2.05, 4.69) is 33.0 Å². The summed E-state index contributed by atoms with van der Waals surface area (Å²) < 4.78 is 5.92. The van der Waals surface area contributed by atoms with Crippen LogP contribution in [0.25, 0.3) is 0 Å². The number of carbonyl (C=O) groups excluding carboxylic acids is 1. The number of amides is 1. The molecule has 0 aliphatic carbocycles. The Labute approximate surface area is 148 Å². The first-order chi connectivity index (χ1) is 11.6. The minimum atomic E-state index is -0.411. The molecule has 0 radical (unpaired) electrons. The van der Waals surface area contributed by atoms with Gasteiger partial charge < -0.3 is 9.84 Å². The number of benzene rings is 2. The summed E-state index contributed by atoms with van der Waals surface area (Å²) in [6, 6.07) is 10.4. The minimum absolute atomic E-state index is 0.121. The topological polar surface area (TPSA) is 70.9 Å². The number of nitrogens with one attached hydrogen (secondary N) is 1. The Morgan fingerprint density at radius 2 is 2.21 bits per heavy atom. The molecular weight excluding hydrogens is 372 g/mol. The fourth-order valence-corrected chi connectivity index (χ4v) is 2.47. The number of phenolic OH excluding ortho intramolecular Hbond substituents is 1. The van der Waals surface area contributed by atoms with E-state index >= 15 is 0 Å². The number of phenols is 1. The second kappa shape index (κ2) is 8.31. The van der Waals surface area contributed by atoms with Gasteiger partial charge in [-0.2, -0.15) is 5.10 Å². The summed E-state index contributed by atoms with van der Waals surface area (Å²) in [5.41, 5.74) is 4.04. The van der Waals surface area contributed by atoms with Gasteiger partial charge in [-0.1, -0.05) is 34.1 Å². The summed E-state index contributed by atoms with van der Waals surface area (Å²) in [5, 5.41) is 14.0. The maximum atomic E-state index is 12.2. The molecule has 124 valence electrons. The molecule has 2 aromatic rings. The van der Waals surface area contributed by atoms with Crippen LogP contribution in [0.2, 0.25) is 0 Å². The molecule has 0 unspecified atom stereocenters. The molecule has 5 nitrogen and oxygen atoms in total. The normalized spacial score (nSPS) is 10.6. The number of hydrogen-bond donors (Lipinski definition) is 2. The van der Waals surface area contributed by atoms with Gasteiger partial charge in [0.15, 0.2) is 0 Å². The SMILES string of the molecule is C=CCc1cccc(/C=N\NC(=O)c2cc(Br)ccc2OC)c1O. The van der Waals surface area contributed by atoms with Crippen LogP contribution in [-0.4, -0.2) is 24.3 Å². The molecular formula is C18H17BrN2O3. The lowest BCUT2D eigenvalue weighted by Gasteiger charge is -2.07. The molecule has 0 fully saturated rings. The largest absolute Gasteiger partial charge is 0.507 e. The first kappa shape index (κ1) is 17.7. The van der Waals surface area contributed by atoms with E-state index in [-0.39, 0.29) is 5.75 Å². The Balaban J connectivity index is 2.15. The van der Waals surface area contributed by atoms with E-state index < -0.39 is 5.91 Å². The van der Waals surface area contributed by atoms with Crippen LogP contribution in [0.15, 0.2) is 58.6 Å². The third-order valence-corrected chi connectivity index (χ3v) is 3.78. The minimum Gasteiger partial charge on any atom is -0.507 e. The van der Waals surface area contributed by atoms with Crippen molar-refractivity contribution in [1.82, 2.24) is 5.43 Å². The van der Waals surface area contributed by atoms with E-state index in [4.69, 9.17) is 4.74 Å². The maximum absolute atomic E-state index is 12.2. The highest BCUT2D eigenvalue weighted by atomic mass is 79.9. The number of methoxy groups -OCH3 is 1. The lowest BCUT2D eigenvalue weighted by molar-refractivity contribution is 0.0952. The third kappa shape index (κ3) is 4.23. The molecule has 0 aliphatic rings. The van der Waals surface area contributed by atoms with Crippen LogP contribution in [0, 0.1) is 0 Å². The summed E-state index contributed by atoms with van der Waals surface area (Å²) in [6.07, 6.45) is 3.65. The van der Waals surface area contributed by atoms with Crippen molar-refractivity contribution in [2.24, 2.45) is 5.10 Å². The molecule has 2 N–H and O–H groups in total. The van der Waals surface area contributed by atoms with Crippen LogP contribution in [0.3, 0.4) is 0 Å². The molecule has 0 aliphatic heterocycles. The second-order valence-corrected chi connectivity index (χ2v) is 5.81. The zero-order valence-electron chi connectivity index (χ0n) is 13.1. The molecule has 6 heteroatoms. The van der Waals surface area contributed by atoms with Gasteiger partial charge in [-0.05, 0) is 36.2 Å². The van der Waals surface area contributed by atoms with Gasteiger partial charge in [-0.25, -0.2) is 5.43 Å². The standard InChI is InChI=1S/C18H17BrN2O3/c1-3-5-12-6-4-7-13(17(12)22)11-20-21-18(23)15-10-14(19)8-9-16(15)24-2/h3-4,6-11,22H,1,5H2,2H3,(H,21,23)/b20-11-. The number of allylic oxidation sites excluding steroid dienone is 1. The fraction of sp³-hybridized carbons (Fsp3) is 0.111. The van der Waals surface area contributed by atoms with Crippen molar-refractivity contribution in [3.05, 3.63) is 70.2 Å². The highest BCUT2D eigenvalue weighted by Crippen LogP contribution is 2.23. The summed E-state index contributed by atoms with van der Waals surface area (Å²) >= 11 is 3.32. The highest BCUT2D eigenvalue weighted by molar-refractivity contribution is 9.10. The number of rotatable bonds is 6. The lowest BCUT2D eigenvalue weighted by atomic mass is 10.1. The van der Waals surface area contributed by atoms with Gasteiger partial charge in [0, 0.05) is 10.0 Å². The number of hydrazone groups is 1. The van der Waals surface area contributed by atoms with E-state index in [1.807, 2.05) is 0 Å². The van der Waals surface area contributed by atoms with Gasteiger partial charge in [0.25, 0.3) is 5.91 Å². The Morgan fingerprint density at radius 1 is 1.42 bits per heavy atom. The number of carbonyl (C=O) groups is 1. The molecule has 0 saturated heterocycles. The van der Waals surface area contributed by atoms with Gasteiger partial charge in [-0.3, -0.25) is 4.79 Å². The zero-order valence-corrected chi connectivity index (χ0v) is 14.7. The summed E-state index contributed by atoms with van der Waals surface area (Å²) in [4.78, 5) is 12.2. The van der Waals surface area contributed by atoms with Gasteiger partial charge >= 0.3 is 0 Å². The average molecular weight is 389 g/mol. The van der Waals surface area contributed by atoms with Crippen LogP contribution in [0.1, 0.15) is 21.5 Å². The van der Waals surface area contributed by atoms with Crippen molar-refractivity contribution < 1.29 is 14.6 Å². The number of halogens is 1. The maximum Gasteiger partial charge on any atom is 0.275 e. The van der Waals surface area contributed by atoms with Gasteiger partial charge in [0.1, 0.15) is 11.5 Å². The second-order valence-electron chi connectivity index (χ2n) is 4.89. The summed E-state index contributed by atoms with van der Waals surface area (Å²) in [5.74, 6) is 0.156. The number of ether oxygens (including phenoxy) is 1. The molecule has 0 atom stereocenters. The van der Waals surface area contributed by atoms with Crippen molar-refractivity contribution in [3.8, 4) is 11.5 Å². The Morgan fingerprint density at radius 3 is 2.92 bits per heavy atom. The van der Waals surface area contributed by atoms with E-state index in [1.165, 1.54) is 13.3 Å². The zero-order chi connectivity index (χ0) is 17.5. The number of aromatic hydroxyl groups is 1. The molecule has 0 heterocycles. The van der Waals surface area contributed by atoms with Crippen LogP contribution in [0.4, 0.5) is 0 Å². The van der Waals surface area contributed by atoms with Crippen LogP contribution in [0.5, 0.6) is 11.5 Å². The van der Waals surface area contributed by atoms with Crippen molar-refractivity contribution in [2.45, 2.75) is 6.42 Å². The molecule has 2 rings (SSSR count). The number of hydrogen-bond acceptors (Lipinski definition) is 4. The summed E-state index contributed by atoms with van der Waals surface area (Å²) in [6.45, 7) is 3.65. The monoisotopic (exact) mass is 388 g/mol. The van der Waals surface area contributed by atoms with E-state index in [0.717, 1.165) is 10.0 Å². The van der Waals surface area contributed by atoms with Crippen molar-refractivity contribution in [1.29, 1.82) is 0 Å². The van der Waals surface area contributed by atoms with E-state index in [1.54, 1.807) is 42.5 Å². The molecule has 0 saturated carbocycles. The smallest absolute Gasteiger partial charge is 0.275 e. The Bertz CT molecular complexity index is 788. The third-order valence-electron chi connectivity index (χ3n) is 3.29. The molecule has 0 spiro atoms. The first-order valence-electron chi connectivity index (χ1n) is 7.15. The van der Waals surface area contributed by atoms with Gasteiger partial charge in [0.05, 0.1) is 18.9 Å². The van der Waals surface area contributed by atoms with E-state index in [9.17, 15) is 9.90 Å².